The van der Waals surface area contributed by atoms with Gasteiger partial charge in [0.05, 0.1) is 5.92 Å². The molecule has 0 radical (unpaired) electrons. The van der Waals surface area contributed by atoms with Crippen LogP contribution in [0.4, 0.5) is 10.5 Å². The van der Waals surface area contributed by atoms with Crippen LogP contribution in [0.5, 0.6) is 11.6 Å². The number of hydrogen-bond donors (Lipinski definition) is 2. The van der Waals surface area contributed by atoms with E-state index >= 15 is 0 Å². The fraction of sp³-hybridized carbons (Fsp3) is 0.278. The highest BCUT2D eigenvalue weighted by Gasteiger charge is 2.26. The predicted molar refractivity (Wildman–Crippen MR) is 91.7 cm³/mol. The highest BCUT2D eigenvalue weighted by molar-refractivity contribution is 5.89. The van der Waals surface area contributed by atoms with Gasteiger partial charge in [0.2, 0.25) is 5.88 Å². The number of nitrogens with zero attached hydrogens (tertiary/aromatic N) is 2. The lowest BCUT2D eigenvalue weighted by Gasteiger charge is -2.30. The number of rotatable bonds is 4. The van der Waals surface area contributed by atoms with Crippen LogP contribution in [0, 0.1) is 5.92 Å². The molecule has 2 N–H and O–H groups in total. The van der Waals surface area contributed by atoms with E-state index in [1.807, 2.05) is 6.07 Å². The van der Waals surface area contributed by atoms with Gasteiger partial charge in [-0.05, 0) is 31.0 Å². The van der Waals surface area contributed by atoms with Crippen molar-refractivity contribution in [1.82, 2.24) is 9.88 Å². The van der Waals surface area contributed by atoms with Crippen molar-refractivity contribution < 1.29 is 19.4 Å². The van der Waals surface area contributed by atoms with Gasteiger partial charge in [-0.3, -0.25) is 4.79 Å². The van der Waals surface area contributed by atoms with Gasteiger partial charge in [-0.25, -0.2) is 9.78 Å². The van der Waals surface area contributed by atoms with Gasteiger partial charge < -0.3 is 20.1 Å². The van der Waals surface area contributed by atoms with Crippen molar-refractivity contribution in [2.75, 3.05) is 18.4 Å². The molecule has 0 spiro atoms. The maximum atomic E-state index is 12.3. The Balaban J connectivity index is 1.58. The number of carboxylic acid groups (broad SMARTS) is 1. The first-order valence-electron chi connectivity index (χ1n) is 8.09. The molecule has 2 aromatic rings. The van der Waals surface area contributed by atoms with Gasteiger partial charge in [0, 0.05) is 37.1 Å². The number of anilines is 1. The first kappa shape index (κ1) is 16.8. The number of carbonyl (C=O) groups excluding carboxylic acids is 1. The number of benzene rings is 1. The number of piperidine rings is 1. The lowest BCUT2D eigenvalue weighted by molar-refractivity contribution is -0.143. The van der Waals surface area contributed by atoms with Gasteiger partial charge in [0.15, 0.2) is 0 Å². The van der Waals surface area contributed by atoms with Gasteiger partial charge in [0.25, 0.3) is 0 Å². The van der Waals surface area contributed by atoms with Crippen molar-refractivity contribution >= 4 is 17.7 Å². The summed E-state index contributed by atoms with van der Waals surface area (Å²) in [6.07, 6.45) is 2.60. The maximum Gasteiger partial charge on any atom is 0.321 e. The summed E-state index contributed by atoms with van der Waals surface area (Å²) in [7, 11) is 0. The van der Waals surface area contributed by atoms with E-state index in [2.05, 4.69) is 10.3 Å². The topological polar surface area (TPSA) is 91.8 Å². The smallest absolute Gasteiger partial charge is 0.321 e. The Morgan fingerprint density at radius 1 is 1.16 bits per heavy atom. The van der Waals surface area contributed by atoms with E-state index in [-0.39, 0.29) is 11.9 Å². The monoisotopic (exact) mass is 341 g/mol. The standard InChI is InChI=1S/C18H19N3O4/c22-17(23)13-7-10-21(11-8-13)18(24)20-14-4-3-5-15(12-14)25-16-6-1-2-9-19-16/h1-6,9,12-13H,7-8,10-11H2,(H,20,24)(H,22,23). The van der Waals surface area contributed by atoms with Crippen LogP contribution in [0.1, 0.15) is 12.8 Å². The molecule has 1 aromatic heterocycles. The van der Waals surface area contributed by atoms with Crippen LogP contribution in [-0.2, 0) is 4.79 Å². The van der Waals surface area contributed by atoms with Crippen LogP contribution in [0.2, 0.25) is 0 Å². The van der Waals surface area contributed by atoms with Crippen LogP contribution in [-0.4, -0.2) is 40.1 Å². The van der Waals surface area contributed by atoms with Crippen molar-refractivity contribution in [1.29, 1.82) is 0 Å². The molecule has 0 unspecified atom stereocenters. The highest BCUT2D eigenvalue weighted by atomic mass is 16.5. The second-order valence-electron chi connectivity index (χ2n) is 5.83. The van der Waals surface area contributed by atoms with Crippen LogP contribution >= 0.6 is 0 Å². The average molecular weight is 341 g/mol. The third-order valence-electron chi connectivity index (χ3n) is 4.08. The molecule has 2 amide bonds. The third kappa shape index (κ3) is 4.47. The normalized spacial score (nSPS) is 14.8. The van der Waals surface area contributed by atoms with E-state index in [9.17, 15) is 9.59 Å². The minimum atomic E-state index is -0.792. The molecule has 0 saturated carbocycles. The number of amides is 2. The van der Waals surface area contributed by atoms with Gasteiger partial charge in [-0.2, -0.15) is 0 Å². The van der Waals surface area contributed by atoms with Crippen molar-refractivity contribution in [3.05, 3.63) is 48.7 Å². The molecule has 1 saturated heterocycles. The summed E-state index contributed by atoms with van der Waals surface area (Å²) in [4.78, 5) is 29.0. The molecule has 7 heteroatoms. The van der Waals surface area contributed by atoms with Crippen LogP contribution < -0.4 is 10.1 Å². The molecule has 25 heavy (non-hydrogen) atoms. The molecule has 130 valence electrons. The minimum Gasteiger partial charge on any atom is -0.481 e. The summed E-state index contributed by atoms with van der Waals surface area (Å²) in [5.41, 5.74) is 0.610. The molecule has 0 atom stereocenters. The number of hydrogen-bond acceptors (Lipinski definition) is 4. The number of carboxylic acids is 1. The number of aromatic nitrogens is 1. The van der Waals surface area contributed by atoms with E-state index in [4.69, 9.17) is 9.84 Å². The summed E-state index contributed by atoms with van der Waals surface area (Å²) in [6.45, 7) is 0.875. The zero-order chi connectivity index (χ0) is 17.6. The molecule has 1 aliphatic heterocycles. The quantitative estimate of drug-likeness (QED) is 0.891. The fourth-order valence-electron chi connectivity index (χ4n) is 2.70. The Morgan fingerprint density at radius 3 is 2.64 bits per heavy atom. The highest BCUT2D eigenvalue weighted by Crippen LogP contribution is 2.23. The summed E-state index contributed by atoms with van der Waals surface area (Å²) in [6, 6.07) is 12.2. The molecule has 1 fully saturated rings. The summed E-state index contributed by atoms with van der Waals surface area (Å²) in [5.74, 6) is -0.110. The van der Waals surface area contributed by atoms with Gasteiger partial charge in [-0.15, -0.1) is 0 Å². The molecule has 2 heterocycles. The van der Waals surface area contributed by atoms with E-state index in [0.29, 0.717) is 43.2 Å². The number of urea groups is 1. The zero-order valence-electron chi connectivity index (χ0n) is 13.6. The predicted octanol–water partition coefficient (Wildman–Crippen LogP) is 3.20. The molecular weight excluding hydrogens is 322 g/mol. The lowest BCUT2D eigenvalue weighted by Crippen LogP contribution is -2.42. The fourth-order valence-corrected chi connectivity index (χ4v) is 2.70. The SMILES string of the molecule is O=C(O)C1CCN(C(=O)Nc2cccc(Oc3ccccn3)c2)CC1. The van der Waals surface area contributed by atoms with Crippen LogP contribution in [0.3, 0.4) is 0 Å². The minimum absolute atomic E-state index is 0.237. The summed E-state index contributed by atoms with van der Waals surface area (Å²) >= 11 is 0. The Morgan fingerprint density at radius 2 is 1.96 bits per heavy atom. The Hall–Kier alpha value is -3.09. The molecule has 0 aliphatic carbocycles. The van der Waals surface area contributed by atoms with Gasteiger partial charge in [-0.1, -0.05) is 12.1 Å². The van der Waals surface area contributed by atoms with E-state index < -0.39 is 5.97 Å². The lowest BCUT2D eigenvalue weighted by atomic mass is 9.97. The number of nitrogens with one attached hydrogen (secondary N) is 1. The van der Waals surface area contributed by atoms with Gasteiger partial charge in [0.1, 0.15) is 5.75 Å². The van der Waals surface area contributed by atoms with Gasteiger partial charge >= 0.3 is 12.0 Å². The number of aliphatic carboxylic acids is 1. The van der Waals surface area contributed by atoms with Crippen molar-refractivity contribution in [2.45, 2.75) is 12.8 Å². The zero-order valence-corrected chi connectivity index (χ0v) is 13.6. The van der Waals surface area contributed by atoms with Crippen molar-refractivity contribution in [3.63, 3.8) is 0 Å². The Labute approximate surface area is 145 Å². The largest absolute Gasteiger partial charge is 0.481 e. The molecule has 7 nitrogen and oxygen atoms in total. The Bertz CT molecular complexity index is 743. The van der Waals surface area contributed by atoms with Crippen molar-refractivity contribution in [2.24, 2.45) is 5.92 Å². The number of ether oxygens (including phenoxy) is 1. The first-order valence-corrected chi connectivity index (χ1v) is 8.09. The number of carbonyl (C=O) groups is 2. The second-order valence-corrected chi connectivity index (χ2v) is 5.83. The first-order chi connectivity index (χ1) is 12.1. The second kappa shape index (κ2) is 7.65. The molecule has 3 rings (SSSR count). The summed E-state index contributed by atoms with van der Waals surface area (Å²) < 4.78 is 5.65. The van der Waals surface area contributed by atoms with E-state index in [1.165, 1.54) is 0 Å². The van der Waals surface area contributed by atoms with E-state index in [0.717, 1.165) is 0 Å². The Kier molecular flexibility index (Phi) is 5.13. The average Bonchev–Trinajstić information content (AvgIpc) is 2.63. The molecular formula is C18H19N3O4. The van der Waals surface area contributed by atoms with Crippen molar-refractivity contribution in [3.8, 4) is 11.6 Å². The molecule has 0 bridgehead atoms. The third-order valence-corrected chi connectivity index (χ3v) is 4.08. The molecule has 1 aromatic carbocycles. The number of likely N-dealkylation sites (tertiary alicyclic amines) is 1. The maximum absolute atomic E-state index is 12.3. The molecule has 1 aliphatic rings. The van der Waals surface area contributed by atoms with Crippen LogP contribution in [0.15, 0.2) is 48.7 Å². The van der Waals surface area contributed by atoms with E-state index in [1.54, 1.807) is 47.5 Å². The van der Waals surface area contributed by atoms with Crippen LogP contribution in [0.25, 0.3) is 0 Å². The number of pyridine rings is 1. The summed E-state index contributed by atoms with van der Waals surface area (Å²) in [5, 5.41) is 11.8.